The molecule has 4 heterocycles. The number of likely N-dealkylation sites (tertiary alicyclic amines) is 1. The van der Waals surface area contributed by atoms with Crippen molar-refractivity contribution in [2.24, 2.45) is 11.8 Å². The number of anilines is 2. The lowest BCUT2D eigenvalue weighted by atomic mass is 9.77. The lowest BCUT2D eigenvalue weighted by Gasteiger charge is -2.35. The Morgan fingerprint density at radius 3 is 2.46 bits per heavy atom. The lowest BCUT2D eigenvalue weighted by molar-refractivity contribution is -0.140. The van der Waals surface area contributed by atoms with Crippen molar-refractivity contribution in [1.82, 2.24) is 4.90 Å². The predicted octanol–water partition coefficient (Wildman–Crippen LogP) is 3.55. The van der Waals surface area contributed by atoms with E-state index in [-0.39, 0.29) is 24.3 Å². The SMILES string of the molecule is Cc1ccc(C)c(N2CC=C[C@]34O[C@@H]5C=CCN(c6ccccc6)C(=O)[C@@H]5[C@H]3C(=O)N(CCCCCO)C4C2=O)c1. The molecule has 5 atom stereocenters. The Bertz CT molecular complexity index is 1400. The average molecular weight is 556 g/mol. The molecule has 214 valence electrons. The molecular formula is C33H37N3O5. The van der Waals surface area contributed by atoms with Gasteiger partial charge in [0.05, 0.1) is 17.9 Å². The molecule has 1 spiro atoms. The van der Waals surface area contributed by atoms with Gasteiger partial charge in [-0.15, -0.1) is 0 Å². The molecule has 2 saturated heterocycles. The van der Waals surface area contributed by atoms with E-state index in [1.54, 1.807) is 14.7 Å². The first-order valence-corrected chi connectivity index (χ1v) is 14.6. The van der Waals surface area contributed by atoms with Gasteiger partial charge in [0.2, 0.25) is 11.8 Å². The van der Waals surface area contributed by atoms with E-state index in [4.69, 9.17) is 4.74 Å². The van der Waals surface area contributed by atoms with E-state index in [0.717, 1.165) is 28.9 Å². The van der Waals surface area contributed by atoms with Crippen molar-refractivity contribution in [3.63, 3.8) is 0 Å². The normalized spacial score (nSPS) is 29.0. The van der Waals surface area contributed by atoms with Gasteiger partial charge in [-0.2, -0.15) is 0 Å². The van der Waals surface area contributed by atoms with Gasteiger partial charge in [-0.05, 0) is 62.4 Å². The molecule has 1 unspecified atom stereocenters. The van der Waals surface area contributed by atoms with Gasteiger partial charge in [0.15, 0.2) is 0 Å². The number of nitrogens with zero attached hydrogens (tertiary/aromatic N) is 3. The number of ether oxygens (including phenoxy) is 1. The van der Waals surface area contributed by atoms with E-state index in [1.165, 1.54) is 0 Å². The van der Waals surface area contributed by atoms with E-state index >= 15 is 0 Å². The summed E-state index contributed by atoms with van der Waals surface area (Å²) in [5, 5.41) is 9.30. The quantitative estimate of drug-likeness (QED) is 0.417. The van der Waals surface area contributed by atoms with Gasteiger partial charge in [0.1, 0.15) is 11.6 Å². The van der Waals surface area contributed by atoms with Crippen molar-refractivity contribution in [3.8, 4) is 0 Å². The minimum absolute atomic E-state index is 0.0784. The van der Waals surface area contributed by atoms with Crippen LogP contribution in [0.1, 0.15) is 30.4 Å². The highest BCUT2D eigenvalue weighted by Crippen LogP contribution is 2.54. The number of hydrogen-bond acceptors (Lipinski definition) is 5. The van der Waals surface area contributed by atoms with Crippen LogP contribution in [0.2, 0.25) is 0 Å². The number of aliphatic hydroxyl groups excluding tert-OH is 1. The molecule has 1 N–H and O–H groups in total. The second-order valence-corrected chi connectivity index (χ2v) is 11.5. The molecule has 41 heavy (non-hydrogen) atoms. The van der Waals surface area contributed by atoms with Crippen molar-refractivity contribution in [2.45, 2.75) is 50.9 Å². The van der Waals surface area contributed by atoms with Crippen molar-refractivity contribution in [2.75, 3.05) is 36.0 Å². The molecule has 3 amide bonds. The average Bonchev–Trinajstić information content (AvgIpc) is 3.28. The first kappa shape index (κ1) is 27.4. The number of hydrogen-bond donors (Lipinski definition) is 1. The maximum atomic E-state index is 14.6. The first-order chi connectivity index (χ1) is 19.9. The summed E-state index contributed by atoms with van der Waals surface area (Å²) < 4.78 is 6.76. The molecule has 4 aliphatic rings. The Morgan fingerprint density at radius 2 is 1.68 bits per heavy atom. The molecule has 0 radical (unpaired) electrons. The van der Waals surface area contributed by atoms with Crippen molar-refractivity contribution in [3.05, 3.63) is 84.0 Å². The van der Waals surface area contributed by atoms with E-state index in [2.05, 4.69) is 0 Å². The summed E-state index contributed by atoms with van der Waals surface area (Å²) in [5.41, 5.74) is 2.33. The fourth-order valence-corrected chi connectivity index (χ4v) is 7.01. The third kappa shape index (κ3) is 4.50. The number of amides is 3. The number of carbonyl (C=O) groups is 3. The van der Waals surface area contributed by atoms with Crippen molar-refractivity contribution in [1.29, 1.82) is 0 Å². The van der Waals surface area contributed by atoms with Gasteiger partial charge >= 0.3 is 0 Å². The monoisotopic (exact) mass is 555 g/mol. The number of rotatable bonds is 7. The molecule has 2 fully saturated rings. The van der Waals surface area contributed by atoms with Crippen LogP contribution in [0.15, 0.2) is 72.8 Å². The molecule has 0 aromatic heterocycles. The Balaban J connectivity index is 1.42. The highest BCUT2D eigenvalue weighted by Gasteiger charge is 2.71. The Hall–Kier alpha value is -3.75. The smallest absolute Gasteiger partial charge is 0.253 e. The summed E-state index contributed by atoms with van der Waals surface area (Å²) in [4.78, 5) is 48.3. The van der Waals surface area contributed by atoms with Crippen LogP contribution in [0, 0.1) is 25.7 Å². The zero-order valence-corrected chi connectivity index (χ0v) is 23.6. The van der Waals surface area contributed by atoms with Crippen LogP contribution in [0.25, 0.3) is 0 Å². The number of unbranched alkanes of at least 4 members (excludes halogenated alkanes) is 2. The number of aryl methyl sites for hydroxylation is 2. The third-order valence-corrected chi connectivity index (χ3v) is 8.94. The van der Waals surface area contributed by atoms with Crippen molar-refractivity contribution >= 4 is 29.1 Å². The van der Waals surface area contributed by atoms with Crippen LogP contribution in [0.3, 0.4) is 0 Å². The van der Waals surface area contributed by atoms with Crippen LogP contribution in [0.4, 0.5) is 11.4 Å². The second kappa shape index (κ2) is 10.9. The molecule has 0 aliphatic carbocycles. The first-order valence-electron chi connectivity index (χ1n) is 14.6. The maximum Gasteiger partial charge on any atom is 0.253 e. The summed E-state index contributed by atoms with van der Waals surface area (Å²) in [7, 11) is 0. The van der Waals surface area contributed by atoms with Crippen LogP contribution in [-0.4, -0.2) is 71.7 Å². The molecule has 8 heteroatoms. The van der Waals surface area contributed by atoms with Gasteiger partial charge in [0.25, 0.3) is 5.91 Å². The number of aliphatic hydroxyl groups is 1. The van der Waals surface area contributed by atoms with E-state index < -0.39 is 29.6 Å². The predicted molar refractivity (Wildman–Crippen MR) is 156 cm³/mol. The van der Waals surface area contributed by atoms with Crippen LogP contribution < -0.4 is 9.80 Å². The largest absolute Gasteiger partial charge is 0.396 e. The lowest BCUT2D eigenvalue weighted by Crippen LogP contribution is -2.55. The highest BCUT2D eigenvalue weighted by atomic mass is 16.5. The van der Waals surface area contributed by atoms with Gasteiger partial charge in [-0.1, -0.05) is 54.6 Å². The summed E-state index contributed by atoms with van der Waals surface area (Å²) >= 11 is 0. The summed E-state index contributed by atoms with van der Waals surface area (Å²) in [6, 6.07) is 14.6. The Morgan fingerprint density at radius 1 is 0.902 bits per heavy atom. The second-order valence-electron chi connectivity index (χ2n) is 11.5. The standard InChI is InChI=1S/C33H37N3O5/c1-22-14-15-23(2)25(21-22)35-19-10-16-33-28(31(39)36(29(33)32(35)40)17-7-4-8-20-37)27-26(41-33)13-9-18-34(30(27)38)24-11-5-3-6-12-24/h3,5-6,9-16,21,26-29,37H,4,7-8,17-20H2,1-2H3/t26-,27+,28+,29?,33+/m1/s1. The van der Waals surface area contributed by atoms with Gasteiger partial charge in [-0.3, -0.25) is 14.4 Å². The molecule has 2 aromatic carbocycles. The van der Waals surface area contributed by atoms with Gasteiger partial charge < -0.3 is 24.5 Å². The summed E-state index contributed by atoms with van der Waals surface area (Å²) in [6.07, 6.45) is 9.00. The van der Waals surface area contributed by atoms with E-state index in [9.17, 15) is 19.5 Å². The van der Waals surface area contributed by atoms with E-state index in [1.807, 2.05) is 86.7 Å². The fourth-order valence-electron chi connectivity index (χ4n) is 7.01. The summed E-state index contributed by atoms with van der Waals surface area (Å²) in [5.74, 6) is -2.16. The van der Waals surface area contributed by atoms with Gasteiger partial charge in [-0.25, -0.2) is 0 Å². The molecular weight excluding hydrogens is 518 g/mol. The molecule has 4 aliphatic heterocycles. The highest BCUT2D eigenvalue weighted by molar-refractivity contribution is 6.07. The Kier molecular flexibility index (Phi) is 7.30. The maximum absolute atomic E-state index is 14.6. The van der Waals surface area contributed by atoms with E-state index in [0.29, 0.717) is 32.5 Å². The van der Waals surface area contributed by atoms with Crippen LogP contribution in [0.5, 0.6) is 0 Å². The fraction of sp³-hybridized carbons (Fsp3) is 0.424. The van der Waals surface area contributed by atoms with Gasteiger partial charge in [0, 0.05) is 37.6 Å². The van der Waals surface area contributed by atoms with Crippen molar-refractivity contribution < 1.29 is 24.2 Å². The minimum Gasteiger partial charge on any atom is -0.396 e. The molecule has 0 bridgehead atoms. The minimum atomic E-state index is -1.26. The molecule has 6 rings (SSSR count). The molecule has 2 aromatic rings. The number of carbonyl (C=O) groups excluding carboxylic acids is 3. The van der Waals surface area contributed by atoms with Crippen LogP contribution >= 0.6 is 0 Å². The zero-order chi connectivity index (χ0) is 28.7. The summed E-state index contributed by atoms with van der Waals surface area (Å²) in [6.45, 7) is 5.14. The van der Waals surface area contributed by atoms with Crippen LogP contribution in [-0.2, 0) is 19.1 Å². The number of para-hydroxylation sites is 1. The third-order valence-electron chi connectivity index (χ3n) is 8.94. The Labute approximate surface area is 240 Å². The zero-order valence-electron chi connectivity index (χ0n) is 23.6. The topological polar surface area (TPSA) is 90.4 Å². The number of fused-ring (bicyclic) bond motifs is 2. The molecule has 0 saturated carbocycles. The molecule has 8 nitrogen and oxygen atoms in total. The number of benzene rings is 2.